The summed E-state index contributed by atoms with van der Waals surface area (Å²) in [4.78, 5) is 15.8. The Bertz CT molecular complexity index is 526. The molecule has 3 nitrogen and oxygen atoms in total. The van der Waals surface area contributed by atoms with Gasteiger partial charge in [0.15, 0.2) is 10.8 Å². The smallest absolute Gasteiger partial charge is 0.174 e. The fourth-order valence-corrected chi connectivity index (χ4v) is 4.46. The monoisotopic (exact) mass is 365 g/mol. The van der Waals surface area contributed by atoms with Crippen LogP contribution in [0.2, 0.25) is 0 Å². The third-order valence-corrected chi connectivity index (χ3v) is 6.32. The SMILES string of the molecule is CCCC1CCN(CCC(=O)c2ccc(OCCC(C)C)s2)CC1C. The molecule has 1 aliphatic heterocycles. The average Bonchev–Trinajstić information content (AvgIpc) is 3.03. The largest absolute Gasteiger partial charge is 0.484 e. The van der Waals surface area contributed by atoms with Gasteiger partial charge in [-0.3, -0.25) is 4.79 Å². The average molecular weight is 366 g/mol. The lowest BCUT2D eigenvalue weighted by Crippen LogP contribution is -2.40. The van der Waals surface area contributed by atoms with Crippen molar-refractivity contribution in [1.29, 1.82) is 0 Å². The first-order chi connectivity index (χ1) is 12.0. The second-order valence-electron chi connectivity index (χ2n) is 7.94. The topological polar surface area (TPSA) is 29.5 Å². The molecule has 0 aliphatic carbocycles. The zero-order valence-corrected chi connectivity index (χ0v) is 17.2. The fourth-order valence-electron chi connectivity index (χ4n) is 3.61. The van der Waals surface area contributed by atoms with Gasteiger partial charge in [-0.15, -0.1) is 0 Å². The summed E-state index contributed by atoms with van der Waals surface area (Å²) in [6.45, 7) is 13.0. The minimum absolute atomic E-state index is 0.257. The quantitative estimate of drug-likeness (QED) is 0.512. The van der Waals surface area contributed by atoms with Crippen LogP contribution in [0, 0.1) is 17.8 Å². The third-order valence-electron chi connectivity index (χ3n) is 5.28. The molecule has 1 aromatic rings. The first-order valence-corrected chi connectivity index (χ1v) is 10.8. The Morgan fingerprint density at radius 2 is 2.20 bits per heavy atom. The number of carbonyl (C=O) groups is 1. The summed E-state index contributed by atoms with van der Waals surface area (Å²) in [5.41, 5.74) is 0. The van der Waals surface area contributed by atoms with Crippen molar-refractivity contribution in [3.8, 4) is 5.06 Å². The number of piperidine rings is 1. The maximum absolute atomic E-state index is 12.5. The highest BCUT2D eigenvalue weighted by molar-refractivity contribution is 7.15. The van der Waals surface area contributed by atoms with Crippen LogP contribution in [0.15, 0.2) is 12.1 Å². The van der Waals surface area contributed by atoms with Gasteiger partial charge in [-0.05, 0) is 49.3 Å². The molecule has 1 fully saturated rings. The standard InChI is InChI=1S/C21H35NO2S/c1-5-6-18-9-12-22(15-17(18)4)13-10-19(23)20-7-8-21(25-20)24-14-11-16(2)3/h7-8,16-18H,5-6,9-15H2,1-4H3. The predicted octanol–water partition coefficient (Wildman–Crippen LogP) is 5.50. The van der Waals surface area contributed by atoms with Crippen molar-refractivity contribution in [3.05, 3.63) is 17.0 Å². The number of ketones is 1. The molecule has 142 valence electrons. The van der Waals surface area contributed by atoms with Gasteiger partial charge >= 0.3 is 0 Å². The molecule has 0 radical (unpaired) electrons. The number of hydrogen-bond acceptors (Lipinski definition) is 4. The Balaban J connectivity index is 1.73. The van der Waals surface area contributed by atoms with Crippen LogP contribution in [-0.4, -0.2) is 36.9 Å². The van der Waals surface area contributed by atoms with E-state index < -0.39 is 0 Å². The molecule has 0 spiro atoms. The summed E-state index contributed by atoms with van der Waals surface area (Å²) in [6.07, 6.45) is 5.59. The van der Waals surface area contributed by atoms with Crippen molar-refractivity contribution in [1.82, 2.24) is 4.90 Å². The number of nitrogens with zero attached hydrogens (tertiary/aromatic N) is 1. The van der Waals surface area contributed by atoms with Crippen LogP contribution in [0.3, 0.4) is 0 Å². The molecule has 0 saturated carbocycles. The molecular formula is C21H35NO2S. The zero-order valence-electron chi connectivity index (χ0n) is 16.4. The van der Waals surface area contributed by atoms with Gasteiger partial charge in [-0.2, -0.15) is 0 Å². The summed E-state index contributed by atoms with van der Waals surface area (Å²) >= 11 is 1.50. The minimum Gasteiger partial charge on any atom is -0.484 e. The van der Waals surface area contributed by atoms with Gasteiger partial charge in [0.2, 0.25) is 0 Å². The number of ether oxygens (including phenoxy) is 1. The van der Waals surface area contributed by atoms with E-state index in [2.05, 4.69) is 32.6 Å². The van der Waals surface area contributed by atoms with E-state index in [0.717, 1.165) is 54.4 Å². The predicted molar refractivity (Wildman–Crippen MR) is 107 cm³/mol. The van der Waals surface area contributed by atoms with Crippen molar-refractivity contribution >= 4 is 17.1 Å². The summed E-state index contributed by atoms with van der Waals surface area (Å²) in [5.74, 6) is 2.53. The number of hydrogen-bond donors (Lipinski definition) is 0. The highest BCUT2D eigenvalue weighted by Gasteiger charge is 2.25. The Hall–Kier alpha value is -0.870. The number of thiophene rings is 1. The Morgan fingerprint density at radius 1 is 1.40 bits per heavy atom. The van der Waals surface area contributed by atoms with E-state index in [1.807, 2.05) is 12.1 Å². The van der Waals surface area contributed by atoms with Gasteiger partial charge in [0, 0.05) is 19.5 Å². The lowest BCUT2D eigenvalue weighted by molar-refractivity contribution is 0.0914. The van der Waals surface area contributed by atoms with Gasteiger partial charge in [-0.25, -0.2) is 0 Å². The highest BCUT2D eigenvalue weighted by Crippen LogP contribution is 2.28. The third kappa shape index (κ3) is 6.74. The molecule has 2 rings (SSSR count). The second-order valence-corrected chi connectivity index (χ2v) is 8.98. The minimum atomic E-state index is 0.257. The molecule has 1 aliphatic rings. The van der Waals surface area contributed by atoms with Crippen LogP contribution in [0.5, 0.6) is 5.06 Å². The maximum Gasteiger partial charge on any atom is 0.174 e. The van der Waals surface area contributed by atoms with Crippen LogP contribution < -0.4 is 4.74 Å². The van der Waals surface area contributed by atoms with Crippen LogP contribution in [0.4, 0.5) is 0 Å². The van der Waals surface area contributed by atoms with Gasteiger partial charge in [0.25, 0.3) is 0 Å². The molecule has 0 bridgehead atoms. The molecular weight excluding hydrogens is 330 g/mol. The summed E-state index contributed by atoms with van der Waals surface area (Å²) in [5, 5.41) is 0.873. The van der Waals surface area contributed by atoms with Gasteiger partial charge in [-0.1, -0.05) is 51.9 Å². The van der Waals surface area contributed by atoms with E-state index in [1.54, 1.807) is 0 Å². The first-order valence-electron chi connectivity index (χ1n) is 9.97. The summed E-state index contributed by atoms with van der Waals surface area (Å²) < 4.78 is 5.75. The van der Waals surface area contributed by atoms with Gasteiger partial charge < -0.3 is 9.64 Å². The van der Waals surface area contributed by atoms with E-state index in [0.29, 0.717) is 12.3 Å². The van der Waals surface area contributed by atoms with Crippen molar-refractivity contribution in [2.75, 3.05) is 26.2 Å². The number of likely N-dealkylation sites (tertiary alicyclic amines) is 1. The molecule has 2 atom stereocenters. The van der Waals surface area contributed by atoms with E-state index in [4.69, 9.17) is 4.74 Å². The van der Waals surface area contributed by atoms with E-state index in [-0.39, 0.29) is 5.78 Å². The van der Waals surface area contributed by atoms with Crippen LogP contribution in [0.25, 0.3) is 0 Å². The summed E-state index contributed by atoms with van der Waals surface area (Å²) in [7, 11) is 0. The number of carbonyl (C=O) groups excluding carboxylic acids is 1. The van der Waals surface area contributed by atoms with Crippen molar-refractivity contribution in [3.63, 3.8) is 0 Å². The Morgan fingerprint density at radius 3 is 2.88 bits per heavy atom. The molecule has 2 heterocycles. The molecule has 0 amide bonds. The maximum atomic E-state index is 12.5. The normalized spacial score (nSPS) is 21.6. The van der Waals surface area contributed by atoms with E-state index >= 15 is 0 Å². The van der Waals surface area contributed by atoms with E-state index in [9.17, 15) is 4.79 Å². The van der Waals surface area contributed by atoms with Crippen molar-refractivity contribution in [2.45, 2.75) is 59.8 Å². The molecule has 0 N–H and O–H groups in total. The van der Waals surface area contributed by atoms with Crippen LogP contribution in [0.1, 0.15) is 69.5 Å². The molecule has 2 unspecified atom stereocenters. The highest BCUT2D eigenvalue weighted by atomic mass is 32.1. The Kier molecular flexibility index (Phi) is 8.44. The molecule has 1 saturated heterocycles. The lowest BCUT2D eigenvalue weighted by atomic mass is 9.84. The number of rotatable bonds is 10. The van der Waals surface area contributed by atoms with Crippen LogP contribution >= 0.6 is 11.3 Å². The Labute approximate surface area is 157 Å². The number of Topliss-reactive ketones (excluding diaryl/α,β-unsaturated/α-hetero) is 1. The van der Waals surface area contributed by atoms with Gasteiger partial charge in [0.1, 0.15) is 0 Å². The second kappa shape index (κ2) is 10.3. The van der Waals surface area contributed by atoms with Crippen molar-refractivity contribution in [2.24, 2.45) is 17.8 Å². The molecule has 4 heteroatoms. The lowest BCUT2D eigenvalue weighted by Gasteiger charge is -2.36. The first kappa shape index (κ1) is 20.4. The van der Waals surface area contributed by atoms with Gasteiger partial charge in [0.05, 0.1) is 11.5 Å². The van der Waals surface area contributed by atoms with Crippen molar-refractivity contribution < 1.29 is 9.53 Å². The summed E-state index contributed by atoms with van der Waals surface area (Å²) in [6, 6.07) is 3.87. The molecule has 0 aromatic carbocycles. The zero-order chi connectivity index (χ0) is 18.2. The van der Waals surface area contributed by atoms with E-state index in [1.165, 1.54) is 30.6 Å². The molecule has 25 heavy (non-hydrogen) atoms. The molecule has 1 aromatic heterocycles. The van der Waals surface area contributed by atoms with Crippen LogP contribution in [-0.2, 0) is 0 Å². The fraction of sp³-hybridized carbons (Fsp3) is 0.762.